The van der Waals surface area contributed by atoms with Gasteiger partial charge in [-0.15, -0.1) is 0 Å². The highest BCUT2D eigenvalue weighted by Crippen LogP contribution is 2.33. The standard InChI is InChI=1S/C69H129NO18/c1-3-5-7-9-11-13-15-17-19-21-22-23-24-25-26-27-28-29-30-31-32-34-36-38-40-42-44-46-53(74)52(70-57(75)47-45-43-41-39-37-35-33-20-18-16-14-12-10-8-6-4-2)51-83-67-63(81)60(78)65(55(49-72)85-67)88-69-64(82)61(79)66(56(50-73)86-69)87-68-62(80)59(77)58(76)54(48-71)84-68/h36,38,44,46,52-56,58-69,71-74,76-82H,3-35,37,39-43,45,47-51H2,1-2H3,(H,70,75)/b38-36+,46-44+. The number of hydrogen-bond acceptors (Lipinski definition) is 18. The van der Waals surface area contributed by atoms with Gasteiger partial charge in [0.05, 0.1) is 38.6 Å². The molecule has 0 aliphatic carbocycles. The molecule has 518 valence electrons. The van der Waals surface area contributed by atoms with Crippen molar-refractivity contribution in [2.45, 2.75) is 381 Å². The van der Waals surface area contributed by atoms with Gasteiger partial charge in [-0.05, 0) is 32.1 Å². The maximum Gasteiger partial charge on any atom is 0.220 e. The summed E-state index contributed by atoms with van der Waals surface area (Å²) in [7, 11) is 0. The van der Waals surface area contributed by atoms with Gasteiger partial charge >= 0.3 is 0 Å². The highest BCUT2D eigenvalue weighted by Gasteiger charge is 2.53. The summed E-state index contributed by atoms with van der Waals surface area (Å²) < 4.78 is 34.3. The van der Waals surface area contributed by atoms with Crippen molar-refractivity contribution >= 4 is 5.91 Å². The molecule has 3 rings (SSSR count). The lowest BCUT2D eigenvalue weighted by atomic mass is 9.96. The second-order valence-electron chi connectivity index (χ2n) is 25.7. The second kappa shape index (κ2) is 51.7. The van der Waals surface area contributed by atoms with Crippen LogP contribution in [-0.4, -0.2) is 193 Å². The third-order valence-corrected chi connectivity index (χ3v) is 18.0. The molecule has 19 heteroatoms. The van der Waals surface area contributed by atoms with Gasteiger partial charge in [0, 0.05) is 6.42 Å². The molecule has 88 heavy (non-hydrogen) atoms. The van der Waals surface area contributed by atoms with E-state index in [-0.39, 0.29) is 18.9 Å². The van der Waals surface area contributed by atoms with Crippen molar-refractivity contribution in [1.29, 1.82) is 0 Å². The predicted octanol–water partition coefficient (Wildman–Crippen LogP) is 9.44. The lowest BCUT2D eigenvalue weighted by Crippen LogP contribution is -2.66. The molecular formula is C69H129NO18. The van der Waals surface area contributed by atoms with Crippen LogP contribution >= 0.6 is 0 Å². The van der Waals surface area contributed by atoms with Crippen LogP contribution in [0.15, 0.2) is 24.3 Å². The van der Waals surface area contributed by atoms with E-state index in [0.29, 0.717) is 12.8 Å². The molecule has 3 aliphatic rings. The first-order valence-corrected chi connectivity index (χ1v) is 35.6. The molecule has 3 saturated heterocycles. The Labute approximate surface area is 530 Å². The van der Waals surface area contributed by atoms with E-state index < -0.39 is 124 Å². The van der Waals surface area contributed by atoms with Gasteiger partial charge in [-0.3, -0.25) is 4.79 Å². The summed E-state index contributed by atoms with van der Waals surface area (Å²) >= 11 is 0. The summed E-state index contributed by atoms with van der Waals surface area (Å²) in [5.41, 5.74) is 0. The number of amides is 1. The van der Waals surface area contributed by atoms with Crippen molar-refractivity contribution in [3.05, 3.63) is 24.3 Å². The molecule has 0 aromatic carbocycles. The number of carbonyl (C=O) groups excluding carboxylic acids is 1. The fourth-order valence-electron chi connectivity index (χ4n) is 12.2. The molecule has 12 N–H and O–H groups in total. The zero-order valence-electron chi connectivity index (χ0n) is 54.7. The molecule has 3 aliphatic heterocycles. The zero-order valence-corrected chi connectivity index (χ0v) is 54.7. The van der Waals surface area contributed by atoms with E-state index in [4.69, 9.17) is 28.4 Å². The third-order valence-electron chi connectivity index (χ3n) is 18.0. The van der Waals surface area contributed by atoms with Crippen LogP contribution in [0.3, 0.4) is 0 Å². The minimum Gasteiger partial charge on any atom is -0.394 e. The van der Waals surface area contributed by atoms with Crippen molar-refractivity contribution in [1.82, 2.24) is 5.32 Å². The van der Waals surface area contributed by atoms with Crippen molar-refractivity contribution in [3.8, 4) is 0 Å². The normalized spacial score (nSPS) is 28.5. The van der Waals surface area contributed by atoms with Crippen molar-refractivity contribution in [2.24, 2.45) is 0 Å². The Morgan fingerprint density at radius 3 is 1.14 bits per heavy atom. The second-order valence-corrected chi connectivity index (χ2v) is 25.7. The number of allylic oxidation sites excluding steroid dienone is 3. The Morgan fingerprint density at radius 2 is 0.727 bits per heavy atom. The summed E-state index contributed by atoms with van der Waals surface area (Å²) in [5.74, 6) is -0.281. The van der Waals surface area contributed by atoms with Gasteiger partial charge in [-0.1, -0.05) is 263 Å². The van der Waals surface area contributed by atoms with Crippen LogP contribution in [0, 0.1) is 0 Å². The smallest absolute Gasteiger partial charge is 0.220 e. The van der Waals surface area contributed by atoms with Crippen LogP contribution in [0.5, 0.6) is 0 Å². The number of carbonyl (C=O) groups is 1. The molecule has 0 saturated carbocycles. The summed E-state index contributed by atoms with van der Waals surface area (Å²) in [6.45, 7) is 1.75. The molecule has 0 bridgehead atoms. The first kappa shape index (κ1) is 80.5. The fraction of sp³-hybridized carbons (Fsp3) is 0.928. The summed E-state index contributed by atoms with van der Waals surface area (Å²) in [5, 5.41) is 120. The van der Waals surface area contributed by atoms with Crippen LogP contribution in [0.1, 0.15) is 277 Å². The molecule has 17 unspecified atom stereocenters. The maximum absolute atomic E-state index is 13.4. The van der Waals surface area contributed by atoms with E-state index >= 15 is 0 Å². The number of ether oxygens (including phenoxy) is 6. The first-order valence-electron chi connectivity index (χ1n) is 35.6. The minimum absolute atomic E-state index is 0.240. The average Bonchev–Trinajstić information content (AvgIpc) is 1.28. The molecule has 0 radical (unpaired) electrons. The van der Waals surface area contributed by atoms with E-state index in [9.17, 15) is 61.0 Å². The Hall–Kier alpha value is -1.73. The molecule has 3 heterocycles. The van der Waals surface area contributed by atoms with E-state index in [1.54, 1.807) is 6.08 Å². The molecule has 0 aromatic rings. The minimum atomic E-state index is -1.98. The SMILES string of the molecule is CCCCCCCCCCCCCCCCCCCCCCC/C=C/CC/C=C/C(O)C(COC1OC(CO)C(OC2OC(CO)C(OC3OC(CO)C(O)C(O)C3O)C(O)C2O)C(O)C1O)NC(=O)CCCCCCCCCCCCCCCCCC. The van der Waals surface area contributed by atoms with Crippen molar-refractivity contribution in [3.63, 3.8) is 0 Å². The fourth-order valence-corrected chi connectivity index (χ4v) is 12.2. The number of nitrogens with one attached hydrogen (secondary N) is 1. The van der Waals surface area contributed by atoms with Crippen LogP contribution in [-0.2, 0) is 33.2 Å². The van der Waals surface area contributed by atoms with Crippen LogP contribution in [0.2, 0.25) is 0 Å². The third kappa shape index (κ3) is 33.4. The zero-order chi connectivity index (χ0) is 64.0. The molecule has 0 spiro atoms. The Bertz CT molecular complexity index is 1690. The average molecular weight is 1260 g/mol. The van der Waals surface area contributed by atoms with Crippen LogP contribution < -0.4 is 5.32 Å². The lowest BCUT2D eigenvalue weighted by Gasteiger charge is -2.48. The van der Waals surface area contributed by atoms with Crippen molar-refractivity contribution < 1.29 is 89.4 Å². The van der Waals surface area contributed by atoms with Gasteiger partial charge in [0.2, 0.25) is 5.91 Å². The molecule has 0 aromatic heterocycles. The van der Waals surface area contributed by atoms with E-state index in [0.717, 1.165) is 38.5 Å². The van der Waals surface area contributed by atoms with Crippen molar-refractivity contribution in [2.75, 3.05) is 26.4 Å². The summed E-state index contributed by atoms with van der Waals surface area (Å²) in [4.78, 5) is 13.4. The Morgan fingerprint density at radius 1 is 0.398 bits per heavy atom. The number of unbranched alkanes of at least 4 members (excludes halogenated alkanes) is 37. The van der Waals surface area contributed by atoms with Gasteiger partial charge in [0.1, 0.15) is 73.2 Å². The predicted molar refractivity (Wildman–Crippen MR) is 342 cm³/mol. The summed E-state index contributed by atoms with van der Waals surface area (Å²) in [6.07, 6.45) is 31.7. The Balaban J connectivity index is 1.43. The van der Waals surface area contributed by atoms with Gasteiger partial charge in [-0.25, -0.2) is 0 Å². The highest BCUT2D eigenvalue weighted by atomic mass is 16.8. The molecular weight excluding hydrogens is 1130 g/mol. The monoisotopic (exact) mass is 1260 g/mol. The molecule has 3 fully saturated rings. The number of rotatable bonds is 55. The van der Waals surface area contributed by atoms with Gasteiger partial charge in [0.15, 0.2) is 18.9 Å². The van der Waals surface area contributed by atoms with Gasteiger partial charge < -0.3 is 89.9 Å². The number of aliphatic hydroxyl groups excluding tert-OH is 11. The maximum atomic E-state index is 13.4. The van der Waals surface area contributed by atoms with Crippen LogP contribution in [0.4, 0.5) is 0 Å². The molecule has 1 amide bonds. The lowest BCUT2D eigenvalue weighted by molar-refractivity contribution is -0.379. The highest BCUT2D eigenvalue weighted by molar-refractivity contribution is 5.76. The number of aliphatic hydroxyl groups is 11. The van der Waals surface area contributed by atoms with Gasteiger partial charge in [-0.2, -0.15) is 0 Å². The summed E-state index contributed by atoms with van der Waals surface area (Å²) in [6, 6.07) is -0.986. The van der Waals surface area contributed by atoms with Crippen LogP contribution in [0.25, 0.3) is 0 Å². The largest absolute Gasteiger partial charge is 0.394 e. The molecule has 19 nitrogen and oxygen atoms in total. The van der Waals surface area contributed by atoms with E-state index in [2.05, 4.69) is 31.3 Å². The number of hydrogen-bond donors (Lipinski definition) is 12. The van der Waals surface area contributed by atoms with Gasteiger partial charge in [0.25, 0.3) is 0 Å². The van der Waals surface area contributed by atoms with E-state index in [1.807, 2.05) is 6.08 Å². The Kier molecular flexibility index (Phi) is 47.3. The first-order chi connectivity index (χ1) is 42.8. The quantitative estimate of drug-likeness (QED) is 0.0199. The molecule has 17 atom stereocenters. The topological polar surface area (TPSA) is 307 Å². The van der Waals surface area contributed by atoms with E-state index in [1.165, 1.54) is 205 Å².